The van der Waals surface area contributed by atoms with Gasteiger partial charge in [-0.1, -0.05) is 13.8 Å². The Balaban J connectivity index is 2.85. The van der Waals surface area contributed by atoms with E-state index in [1.54, 1.807) is 13.8 Å². The zero-order valence-corrected chi connectivity index (χ0v) is 13.8. The smallest absolute Gasteiger partial charge is 0.155 e. The van der Waals surface area contributed by atoms with Crippen molar-refractivity contribution in [1.29, 1.82) is 0 Å². The third-order valence-corrected chi connectivity index (χ3v) is 6.32. The number of aliphatic hydroxyl groups excluding tert-OH is 1. The van der Waals surface area contributed by atoms with Gasteiger partial charge in [-0.05, 0) is 32.8 Å². The number of hydrogen-bond donors (Lipinski definition) is 1. The fourth-order valence-electron chi connectivity index (χ4n) is 2.04. The maximum atomic E-state index is 11.7. The number of nitrogens with zero attached hydrogens (tertiary/aromatic N) is 2. The fourth-order valence-corrected chi connectivity index (χ4v) is 2.62. The molecule has 0 aromatic carbocycles. The Labute approximate surface area is 121 Å². The molecule has 1 atom stereocenters. The molecular formula is C14H26N2O3S. The minimum Gasteiger partial charge on any atom is -0.391 e. The number of rotatable bonds is 7. The van der Waals surface area contributed by atoms with Crippen LogP contribution >= 0.6 is 0 Å². The third-order valence-electron chi connectivity index (χ3n) is 4.14. The van der Waals surface area contributed by atoms with Crippen molar-refractivity contribution in [2.45, 2.75) is 63.9 Å². The van der Waals surface area contributed by atoms with Crippen molar-refractivity contribution in [2.24, 2.45) is 0 Å². The van der Waals surface area contributed by atoms with Crippen LogP contribution in [0.25, 0.3) is 0 Å². The highest BCUT2D eigenvalue weighted by Gasteiger charge is 2.38. The highest BCUT2D eigenvalue weighted by Crippen LogP contribution is 2.23. The van der Waals surface area contributed by atoms with E-state index >= 15 is 0 Å². The van der Waals surface area contributed by atoms with Gasteiger partial charge in [0.05, 0.1) is 22.6 Å². The predicted molar refractivity (Wildman–Crippen MR) is 80.5 cm³/mol. The summed E-state index contributed by atoms with van der Waals surface area (Å²) in [5.74, 6) is 0. The van der Waals surface area contributed by atoms with Gasteiger partial charge in [-0.3, -0.25) is 4.68 Å². The number of aromatic nitrogens is 2. The van der Waals surface area contributed by atoms with Gasteiger partial charge in [0.1, 0.15) is 0 Å². The molecule has 1 unspecified atom stereocenters. The first-order chi connectivity index (χ1) is 9.13. The van der Waals surface area contributed by atoms with Crippen molar-refractivity contribution in [3.05, 3.63) is 18.0 Å². The van der Waals surface area contributed by atoms with Crippen molar-refractivity contribution in [1.82, 2.24) is 9.78 Å². The van der Waals surface area contributed by atoms with E-state index in [0.29, 0.717) is 6.04 Å². The van der Waals surface area contributed by atoms with Crippen LogP contribution in [0.15, 0.2) is 12.3 Å². The molecule has 0 fully saturated rings. The quantitative estimate of drug-likeness (QED) is 0.836. The summed E-state index contributed by atoms with van der Waals surface area (Å²) in [7, 11) is -3.33. The largest absolute Gasteiger partial charge is 0.391 e. The van der Waals surface area contributed by atoms with E-state index in [1.165, 1.54) is 0 Å². The third kappa shape index (κ3) is 3.61. The molecule has 6 heteroatoms. The highest BCUT2D eigenvalue weighted by atomic mass is 32.2. The lowest BCUT2D eigenvalue weighted by molar-refractivity contribution is 0.136. The standard InChI is InChI=1S/C14H26N2O3S/c1-6-12(7-2)16-9-8-11(15-16)10-13(17)14(3,4)20(5,18)19/h8-9,12-13,17H,6-7,10H2,1-5H3. The zero-order chi connectivity index (χ0) is 15.6. The monoisotopic (exact) mass is 302 g/mol. The van der Waals surface area contributed by atoms with Crippen LogP contribution in [0, 0.1) is 0 Å². The molecule has 0 aliphatic heterocycles. The van der Waals surface area contributed by atoms with Crippen LogP contribution in [0.4, 0.5) is 0 Å². The topological polar surface area (TPSA) is 72.2 Å². The lowest BCUT2D eigenvalue weighted by Gasteiger charge is -2.28. The molecule has 1 N–H and O–H groups in total. The summed E-state index contributed by atoms with van der Waals surface area (Å²) >= 11 is 0. The molecule has 0 spiro atoms. The second kappa shape index (κ2) is 6.26. The van der Waals surface area contributed by atoms with Gasteiger partial charge < -0.3 is 5.11 Å². The van der Waals surface area contributed by atoms with E-state index in [-0.39, 0.29) is 6.42 Å². The molecule has 0 saturated heterocycles. The zero-order valence-electron chi connectivity index (χ0n) is 13.0. The molecule has 0 bridgehead atoms. The fraction of sp³-hybridized carbons (Fsp3) is 0.786. The van der Waals surface area contributed by atoms with Gasteiger partial charge >= 0.3 is 0 Å². The Bertz CT molecular complexity index is 530. The Morgan fingerprint density at radius 3 is 2.35 bits per heavy atom. The Morgan fingerprint density at radius 1 is 1.35 bits per heavy atom. The first kappa shape index (κ1) is 17.2. The average molecular weight is 302 g/mol. The number of sulfone groups is 1. The van der Waals surface area contributed by atoms with Gasteiger partial charge in [0.2, 0.25) is 0 Å². The van der Waals surface area contributed by atoms with E-state index in [2.05, 4.69) is 18.9 Å². The second-order valence-corrected chi connectivity index (χ2v) is 8.45. The van der Waals surface area contributed by atoms with Crippen LogP contribution in [0.1, 0.15) is 52.3 Å². The molecule has 5 nitrogen and oxygen atoms in total. The summed E-state index contributed by atoms with van der Waals surface area (Å²) in [5, 5.41) is 14.6. The molecule has 0 aliphatic rings. The Kier molecular flexibility index (Phi) is 5.38. The predicted octanol–water partition coefficient (Wildman–Crippen LogP) is 1.97. The molecule has 0 amide bonds. The second-order valence-electron chi connectivity index (χ2n) is 5.85. The van der Waals surface area contributed by atoms with Gasteiger partial charge in [0, 0.05) is 18.9 Å². The van der Waals surface area contributed by atoms with E-state index < -0.39 is 20.7 Å². The minimum absolute atomic E-state index is 0.243. The molecule has 1 rings (SSSR count). The first-order valence-electron chi connectivity index (χ1n) is 7.05. The van der Waals surface area contributed by atoms with E-state index in [9.17, 15) is 13.5 Å². The number of hydrogen-bond acceptors (Lipinski definition) is 4. The van der Waals surface area contributed by atoms with Gasteiger partial charge in [-0.2, -0.15) is 5.10 Å². The van der Waals surface area contributed by atoms with E-state index in [0.717, 1.165) is 24.8 Å². The number of aliphatic hydroxyl groups is 1. The maximum absolute atomic E-state index is 11.7. The van der Waals surface area contributed by atoms with Gasteiger partial charge in [0.25, 0.3) is 0 Å². The summed E-state index contributed by atoms with van der Waals surface area (Å²) in [5.41, 5.74) is 0.723. The first-order valence-corrected chi connectivity index (χ1v) is 8.94. The lowest BCUT2D eigenvalue weighted by Crippen LogP contribution is -2.44. The molecule has 1 heterocycles. The van der Waals surface area contributed by atoms with Crippen LogP contribution in [0.5, 0.6) is 0 Å². The van der Waals surface area contributed by atoms with Crippen molar-refractivity contribution < 1.29 is 13.5 Å². The minimum atomic E-state index is -3.33. The molecule has 1 aromatic heterocycles. The van der Waals surface area contributed by atoms with Gasteiger partial charge in [-0.25, -0.2) is 8.42 Å². The molecule has 1 aromatic rings. The summed E-state index contributed by atoms with van der Waals surface area (Å²) in [6, 6.07) is 2.20. The van der Waals surface area contributed by atoms with Crippen LogP contribution in [0.2, 0.25) is 0 Å². The van der Waals surface area contributed by atoms with E-state index in [1.807, 2.05) is 16.9 Å². The van der Waals surface area contributed by atoms with Crippen molar-refractivity contribution in [3.63, 3.8) is 0 Å². The van der Waals surface area contributed by atoms with Crippen LogP contribution in [0.3, 0.4) is 0 Å². The normalized spacial score (nSPS) is 14.8. The van der Waals surface area contributed by atoms with Crippen molar-refractivity contribution in [2.75, 3.05) is 6.26 Å². The lowest BCUT2D eigenvalue weighted by atomic mass is 10.0. The van der Waals surface area contributed by atoms with Gasteiger partial charge in [-0.15, -0.1) is 0 Å². The van der Waals surface area contributed by atoms with Crippen LogP contribution in [-0.2, 0) is 16.3 Å². The van der Waals surface area contributed by atoms with E-state index in [4.69, 9.17) is 0 Å². The summed E-state index contributed by atoms with van der Waals surface area (Å²) in [6.07, 6.45) is 4.31. The van der Waals surface area contributed by atoms with Crippen LogP contribution < -0.4 is 0 Å². The SMILES string of the molecule is CCC(CC)n1ccc(CC(O)C(C)(C)S(C)(=O)=O)n1. The molecule has 116 valence electrons. The van der Waals surface area contributed by atoms with Crippen molar-refractivity contribution in [3.8, 4) is 0 Å². The van der Waals surface area contributed by atoms with Crippen LogP contribution in [-0.4, -0.2) is 40.4 Å². The molecule has 20 heavy (non-hydrogen) atoms. The van der Waals surface area contributed by atoms with Gasteiger partial charge in [0.15, 0.2) is 9.84 Å². The molecule has 0 radical (unpaired) electrons. The highest BCUT2D eigenvalue weighted by molar-refractivity contribution is 7.92. The maximum Gasteiger partial charge on any atom is 0.155 e. The molecule has 0 aliphatic carbocycles. The summed E-state index contributed by atoms with van der Waals surface area (Å²) in [6.45, 7) is 7.31. The summed E-state index contributed by atoms with van der Waals surface area (Å²) < 4.78 is 24.1. The molecule has 0 saturated carbocycles. The Morgan fingerprint density at radius 2 is 1.90 bits per heavy atom. The Hall–Kier alpha value is -0.880. The average Bonchev–Trinajstić information content (AvgIpc) is 2.77. The summed E-state index contributed by atoms with van der Waals surface area (Å²) in [4.78, 5) is 0. The van der Waals surface area contributed by atoms with Crippen molar-refractivity contribution >= 4 is 9.84 Å². The molecular weight excluding hydrogens is 276 g/mol.